The first kappa shape index (κ1) is 14.1. The van der Waals surface area contributed by atoms with Crippen molar-refractivity contribution in [2.45, 2.75) is 33.2 Å². The number of aromatic nitrogens is 1. The van der Waals surface area contributed by atoms with Crippen LogP contribution in [0.5, 0.6) is 0 Å². The summed E-state index contributed by atoms with van der Waals surface area (Å²) in [4.78, 5) is 14.5. The second-order valence-corrected chi connectivity index (χ2v) is 5.22. The van der Waals surface area contributed by atoms with Gasteiger partial charge in [-0.3, -0.25) is 4.79 Å². The SMILES string of the molecule is CCNCC1CCN(C(=O)c2cccn2CC)CC1. The third-order valence-corrected chi connectivity index (χ3v) is 3.97. The van der Waals surface area contributed by atoms with E-state index in [-0.39, 0.29) is 5.91 Å². The molecule has 0 spiro atoms. The van der Waals surface area contributed by atoms with Crippen molar-refractivity contribution in [3.63, 3.8) is 0 Å². The number of hydrogen-bond acceptors (Lipinski definition) is 2. The topological polar surface area (TPSA) is 37.3 Å². The number of hydrogen-bond donors (Lipinski definition) is 1. The van der Waals surface area contributed by atoms with Crippen molar-refractivity contribution in [2.75, 3.05) is 26.2 Å². The van der Waals surface area contributed by atoms with Gasteiger partial charge in [-0.2, -0.15) is 0 Å². The van der Waals surface area contributed by atoms with Crippen LogP contribution in [-0.2, 0) is 6.54 Å². The number of amides is 1. The third kappa shape index (κ3) is 3.38. The third-order valence-electron chi connectivity index (χ3n) is 3.97. The quantitative estimate of drug-likeness (QED) is 0.882. The fourth-order valence-electron chi connectivity index (χ4n) is 2.73. The standard InChI is InChI=1S/C15H25N3O/c1-3-16-12-13-7-10-18(11-8-13)15(19)14-6-5-9-17(14)4-2/h5-6,9,13,16H,3-4,7-8,10-12H2,1-2H3. The predicted octanol–water partition coefficient (Wildman–Crippen LogP) is 1.97. The van der Waals surface area contributed by atoms with E-state index in [9.17, 15) is 4.79 Å². The van der Waals surface area contributed by atoms with Gasteiger partial charge < -0.3 is 14.8 Å². The molecule has 1 aromatic heterocycles. The molecule has 0 unspecified atom stereocenters. The molecule has 0 saturated carbocycles. The number of nitrogens with one attached hydrogen (secondary N) is 1. The Hall–Kier alpha value is -1.29. The van der Waals surface area contributed by atoms with E-state index in [0.717, 1.165) is 57.2 Å². The molecule has 1 aliphatic heterocycles. The molecule has 2 rings (SSSR count). The molecule has 1 N–H and O–H groups in total. The smallest absolute Gasteiger partial charge is 0.270 e. The Morgan fingerprint density at radius 3 is 2.74 bits per heavy atom. The summed E-state index contributed by atoms with van der Waals surface area (Å²) < 4.78 is 2.02. The molecule has 19 heavy (non-hydrogen) atoms. The molecule has 2 heterocycles. The van der Waals surface area contributed by atoms with E-state index >= 15 is 0 Å². The maximum Gasteiger partial charge on any atom is 0.270 e. The van der Waals surface area contributed by atoms with Gasteiger partial charge in [0.05, 0.1) is 0 Å². The van der Waals surface area contributed by atoms with Gasteiger partial charge in [0.2, 0.25) is 0 Å². The number of rotatable bonds is 5. The highest BCUT2D eigenvalue weighted by atomic mass is 16.2. The number of carbonyl (C=O) groups is 1. The number of carbonyl (C=O) groups excluding carboxylic acids is 1. The summed E-state index contributed by atoms with van der Waals surface area (Å²) in [6.45, 7) is 8.96. The van der Waals surface area contributed by atoms with Crippen molar-refractivity contribution in [2.24, 2.45) is 5.92 Å². The minimum absolute atomic E-state index is 0.189. The summed E-state index contributed by atoms with van der Waals surface area (Å²) in [5.74, 6) is 0.913. The largest absolute Gasteiger partial charge is 0.344 e. The van der Waals surface area contributed by atoms with Crippen molar-refractivity contribution < 1.29 is 4.79 Å². The first-order valence-electron chi connectivity index (χ1n) is 7.41. The monoisotopic (exact) mass is 263 g/mol. The van der Waals surface area contributed by atoms with Crippen LogP contribution in [-0.4, -0.2) is 41.6 Å². The minimum atomic E-state index is 0.189. The zero-order valence-corrected chi connectivity index (χ0v) is 12.1. The van der Waals surface area contributed by atoms with Crippen molar-refractivity contribution in [1.29, 1.82) is 0 Å². The molecule has 1 aromatic rings. The van der Waals surface area contributed by atoms with Crippen molar-refractivity contribution >= 4 is 5.91 Å². The average Bonchev–Trinajstić information content (AvgIpc) is 2.93. The second kappa shape index (κ2) is 6.75. The Bertz CT molecular complexity index is 405. The zero-order valence-electron chi connectivity index (χ0n) is 12.1. The van der Waals surface area contributed by atoms with E-state index in [2.05, 4.69) is 19.2 Å². The molecule has 1 aliphatic rings. The van der Waals surface area contributed by atoms with Crippen LogP contribution in [0.2, 0.25) is 0 Å². The summed E-state index contributed by atoms with van der Waals surface area (Å²) in [6.07, 6.45) is 4.21. The predicted molar refractivity (Wildman–Crippen MR) is 77.3 cm³/mol. The van der Waals surface area contributed by atoms with E-state index in [1.165, 1.54) is 0 Å². The molecule has 1 fully saturated rings. The molecule has 0 aliphatic carbocycles. The molecule has 0 atom stereocenters. The van der Waals surface area contributed by atoms with Crippen LogP contribution in [0.4, 0.5) is 0 Å². The highest BCUT2D eigenvalue weighted by Crippen LogP contribution is 2.18. The lowest BCUT2D eigenvalue weighted by Crippen LogP contribution is -2.41. The number of likely N-dealkylation sites (tertiary alicyclic amines) is 1. The minimum Gasteiger partial charge on any atom is -0.344 e. The van der Waals surface area contributed by atoms with E-state index in [1.807, 2.05) is 27.8 Å². The molecular weight excluding hydrogens is 238 g/mol. The van der Waals surface area contributed by atoms with Gasteiger partial charge in [-0.05, 0) is 50.9 Å². The van der Waals surface area contributed by atoms with E-state index in [0.29, 0.717) is 0 Å². The number of aryl methyl sites for hydroxylation is 1. The summed E-state index contributed by atoms with van der Waals surface area (Å²) in [7, 11) is 0. The van der Waals surface area contributed by atoms with Crippen LogP contribution in [0, 0.1) is 5.92 Å². The van der Waals surface area contributed by atoms with Crippen LogP contribution in [0.1, 0.15) is 37.2 Å². The Morgan fingerprint density at radius 1 is 1.37 bits per heavy atom. The second-order valence-electron chi connectivity index (χ2n) is 5.22. The van der Waals surface area contributed by atoms with Crippen LogP contribution >= 0.6 is 0 Å². The van der Waals surface area contributed by atoms with Crippen LogP contribution < -0.4 is 5.32 Å². The van der Waals surface area contributed by atoms with Crippen LogP contribution in [0.25, 0.3) is 0 Å². The molecule has 0 aromatic carbocycles. The Balaban J connectivity index is 1.89. The molecule has 106 valence electrons. The lowest BCUT2D eigenvalue weighted by molar-refractivity contribution is 0.0679. The fraction of sp³-hybridized carbons (Fsp3) is 0.667. The maximum atomic E-state index is 12.5. The summed E-state index contributed by atoms with van der Waals surface area (Å²) in [6, 6.07) is 3.88. The number of nitrogens with zero attached hydrogens (tertiary/aromatic N) is 2. The van der Waals surface area contributed by atoms with Crippen LogP contribution in [0.3, 0.4) is 0 Å². The molecule has 0 bridgehead atoms. The normalized spacial score (nSPS) is 16.8. The zero-order chi connectivity index (χ0) is 13.7. The fourth-order valence-corrected chi connectivity index (χ4v) is 2.73. The van der Waals surface area contributed by atoms with E-state index in [4.69, 9.17) is 0 Å². The van der Waals surface area contributed by atoms with Gasteiger partial charge in [-0.1, -0.05) is 6.92 Å². The van der Waals surface area contributed by atoms with Gasteiger partial charge in [-0.15, -0.1) is 0 Å². The summed E-state index contributed by atoms with van der Waals surface area (Å²) in [5, 5.41) is 3.40. The molecule has 4 heteroatoms. The molecule has 4 nitrogen and oxygen atoms in total. The number of piperidine rings is 1. The van der Waals surface area contributed by atoms with Crippen molar-refractivity contribution in [1.82, 2.24) is 14.8 Å². The van der Waals surface area contributed by atoms with Gasteiger partial charge in [0.25, 0.3) is 5.91 Å². The van der Waals surface area contributed by atoms with Gasteiger partial charge in [0.15, 0.2) is 0 Å². The van der Waals surface area contributed by atoms with Crippen LogP contribution in [0.15, 0.2) is 18.3 Å². The van der Waals surface area contributed by atoms with Crippen molar-refractivity contribution in [3.05, 3.63) is 24.0 Å². The first-order valence-corrected chi connectivity index (χ1v) is 7.41. The first-order chi connectivity index (χ1) is 9.26. The molecular formula is C15H25N3O. The lowest BCUT2D eigenvalue weighted by atomic mass is 9.96. The summed E-state index contributed by atoms with van der Waals surface area (Å²) in [5.41, 5.74) is 0.827. The Morgan fingerprint density at radius 2 is 2.11 bits per heavy atom. The van der Waals surface area contributed by atoms with Gasteiger partial charge in [-0.25, -0.2) is 0 Å². The molecule has 0 radical (unpaired) electrons. The van der Waals surface area contributed by atoms with Crippen molar-refractivity contribution in [3.8, 4) is 0 Å². The maximum absolute atomic E-state index is 12.5. The van der Waals surface area contributed by atoms with Gasteiger partial charge in [0, 0.05) is 25.8 Å². The van der Waals surface area contributed by atoms with Gasteiger partial charge in [0.1, 0.15) is 5.69 Å². The van der Waals surface area contributed by atoms with E-state index in [1.54, 1.807) is 0 Å². The highest BCUT2D eigenvalue weighted by Gasteiger charge is 2.24. The summed E-state index contributed by atoms with van der Waals surface area (Å²) >= 11 is 0. The Kier molecular flexibility index (Phi) is 5.02. The Labute approximate surface area is 115 Å². The van der Waals surface area contributed by atoms with E-state index < -0.39 is 0 Å². The molecule has 1 saturated heterocycles. The lowest BCUT2D eigenvalue weighted by Gasteiger charge is -2.32. The molecule has 1 amide bonds. The average molecular weight is 263 g/mol. The highest BCUT2D eigenvalue weighted by molar-refractivity contribution is 5.92. The van der Waals surface area contributed by atoms with Gasteiger partial charge >= 0.3 is 0 Å².